The molecule has 0 fully saturated rings. The molecule has 3 aromatic heterocycles. The lowest BCUT2D eigenvalue weighted by Gasteiger charge is -2.33. The summed E-state index contributed by atoms with van der Waals surface area (Å²) in [6.07, 6.45) is 1.39. The first-order valence-corrected chi connectivity index (χ1v) is 13.1. The third-order valence-corrected chi connectivity index (χ3v) is 7.70. The minimum absolute atomic E-state index is 0.117. The molecule has 0 saturated carbocycles. The van der Waals surface area contributed by atoms with E-state index in [0.717, 1.165) is 10.4 Å². The Bertz CT molecular complexity index is 1610. The number of nitriles is 1. The molecule has 1 amide bonds. The standard InChI is InChI=1S/C27H25F3N6O2S/c1-4-36-14-21(26(33-36)27(28,29)30)24-18(8-7-16-12-32-38-25(16)24)20-13-35(23(37)6-5-9-34(2)3)15-22-19(20)10-17(11-31)39-22/h5-8,10,12,14,20H,4,9,13,15H2,1-3H3/b6-5+. The molecule has 1 unspecified atom stereocenters. The number of rotatable bonds is 6. The molecule has 12 heteroatoms. The lowest BCUT2D eigenvalue weighted by atomic mass is 9.83. The van der Waals surface area contributed by atoms with Crippen LogP contribution in [0.4, 0.5) is 13.2 Å². The van der Waals surface area contributed by atoms with Crippen LogP contribution in [-0.2, 0) is 24.1 Å². The zero-order valence-corrected chi connectivity index (χ0v) is 22.3. The van der Waals surface area contributed by atoms with Crippen molar-refractivity contribution in [3.63, 3.8) is 0 Å². The van der Waals surface area contributed by atoms with Crippen molar-refractivity contribution in [3.8, 4) is 17.2 Å². The molecule has 0 bridgehead atoms. The summed E-state index contributed by atoms with van der Waals surface area (Å²) in [5, 5.41) is 17.8. The zero-order valence-electron chi connectivity index (χ0n) is 21.5. The van der Waals surface area contributed by atoms with E-state index in [1.54, 1.807) is 36.1 Å². The van der Waals surface area contributed by atoms with Crippen LogP contribution in [0.3, 0.4) is 0 Å². The van der Waals surface area contributed by atoms with Gasteiger partial charge in [-0.25, -0.2) is 0 Å². The molecule has 1 atom stereocenters. The van der Waals surface area contributed by atoms with Crippen LogP contribution in [0.5, 0.6) is 0 Å². The molecule has 0 spiro atoms. The third kappa shape index (κ3) is 5.07. The number of likely N-dealkylation sites (N-methyl/N-ethyl adjacent to an activating group) is 1. The van der Waals surface area contributed by atoms with Gasteiger partial charge in [0.1, 0.15) is 10.9 Å². The highest BCUT2D eigenvalue weighted by Crippen LogP contribution is 2.46. The average molecular weight is 555 g/mol. The van der Waals surface area contributed by atoms with Gasteiger partial charge >= 0.3 is 6.18 Å². The van der Waals surface area contributed by atoms with Gasteiger partial charge in [-0.05, 0) is 44.3 Å². The van der Waals surface area contributed by atoms with Crippen LogP contribution < -0.4 is 0 Å². The summed E-state index contributed by atoms with van der Waals surface area (Å²) in [6.45, 7) is 3.07. The number of thiophene rings is 1. The number of aryl methyl sites for hydroxylation is 1. The van der Waals surface area contributed by atoms with Gasteiger partial charge in [0.05, 0.1) is 12.7 Å². The Labute approximate surface area is 226 Å². The fourth-order valence-corrected chi connectivity index (χ4v) is 5.91. The fraction of sp³-hybridized carbons (Fsp3) is 0.333. The van der Waals surface area contributed by atoms with Crippen LogP contribution in [0.2, 0.25) is 0 Å². The molecule has 0 saturated heterocycles. The second kappa shape index (κ2) is 10.3. The quantitative estimate of drug-likeness (QED) is 0.302. The van der Waals surface area contributed by atoms with Crippen molar-refractivity contribution in [2.45, 2.75) is 32.1 Å². The molecule has 1 aliphatic rings. The van der Waals surface area contributed by atoms with Gasteiger partial charge in [-0.3, -0.25) is 9.48 Å². The number of benzene rings is 1. The van der Waals surface area contributed by atoms with Crippen molar-refractivity contribution in [3.05, 3.63) is 69.3 Å². The highest BCUT2D eigenvalue weighted by Gasteiger charge is 2.40. The molecule has 0 radical (unpaired) electrons. The zero-order chi connectivity index (χ0) is 27.9. The second-order valence-corrected chi connectivity index (χ2v) is 10.7. The van der Waals surface area contributed by atoms with Gasteiger partial charge in [0.25, 0.3) is 0 Å². The molecule has 5 rings (SSSR count). The van der Waals surface area contributed by atoms with E-state index in [4.69, 9.17) is 4.52 Å². The van der Waals surface area contributed by atoms with Gasteiger partial charge in [-0.1, -0.05) is 17.3 Å². The second-order valence-electron chi connectivity index (χ2n) is 9.56. The Kier molecular flexibility index (Phi) is 7.05. The largest absolute Gasteiger partial charge is 0.435 e. The number of aromatic nitrogens is 3. The van der Waals surface area contributed by atoms with Crippen LogP contribution >= 0.6 is 11.3 Å². The minimum Gasteiger partial charge on any atom is -0.356 e. The van der Waals surface area contributed by atoms with Crippen LogP contribution in [0.25, 0.3) is 22.1 Å². The number of alkyl halides is 3. The van der Waals surface area contributed by atoms with Crippen molar-refractivity contribution in [1.82, 2.24) is 24.7 Å². The van der Waals surface area contributed by atoms with E-state index in [0.29, 0.717) is 28.9 Å². The van der Waals surface area contributed by atoms with E-state index in [1.807, 2.05) is 19.0 Å². The van der Waals surface area contributed by atoms with Crippen molar-refractivity contribution < 1.29 is 22.5 Å². The molecule has 1 aromatic carbocycles. The molecule has 39 heavy (non-hydrogen) atoms. The molecule has 4 aromatic rings. The van der Waals surface area contributed by atoms with E-state index < -0.39 is 17.8 Å². The Balaban J connectivity index is 1.70. The number of fused-ring (bicyclic) bond motifs is 2. The van der Waals surface area contributed by atoms with Crippen LogP contribution in [0, 0.1) is 11.3 Å². The summed E-state index contributed by atoms with van der Waals surface area (Å²) < 4.78 is 49.3. The van der Waals surface area contributed by atoms with Crippen molar-refractivity contribution in [2.24, 2.45) is 0 Å². The first kappa shape index (κ1) is 26.6. The Morgan fingerprint density at radius 3 is 2.82 bits per heavy atom. The van der Waals surface area contributed by atoms with Gasteiger partial charge in [0.2, 0.25) is 5.91 Å². The van der Waals surface area contributed by atoms with Crippen LogP contribution in [0.15, 0.2) is 47.3 Å². The van der Waals surface area contributed by atoms with E-state index in [1.165, 1.54) is 34.5 Å². The summed E-state index contributed by atoms with van der Waals surface area (Å²) in [5.74, 6) is -0.717. The monoisotopic (exact) mass is 554 g/mol. The molecule has 1 aliphatic heterocycles. The molecule has 202 valence electrons. The van der Waals surface area contributed by atoms with E-state index >= 15 is 0 Å². The van der Waals surface area contributed by atoms with Crippen LogP contribution in [0.1, 0.15) is 39.4 Å². The first-order valence-electron chi connectivity index (χ1n) is 12.3. The van der Waals surface area contributed by atoms with E-state index in [-0.39, 0.29) is 35.7 Å². The van der Waals surface area contributed by atoms with Gasteiger partial charge in [-0.15, -0.1) is 11.3 Å². The summed E-state index contributed by atoms with van der Waals surface area (Å²) in [5.41, 5.74) is 0.657. The lowest BCUT2D eigenvalue weighted by molar-refractivity contribution is -0.141. The predicted molar refractivity (Wildman–Crippen MR) is 140 cm³/mol. The Morgan fingerprint density at radius 1 is 1.33 bits per heavy atom. The topological polar surface area (TPSA) is 91.2 Å². The van der Waals surface area contributed by atoms with Gasteiger partial charge < -0.3 is 14.3 Å². The maximum atomic E-state index is 14.2. The molecular formula is C27H25F3N6O2S. The summed E-state index contributed by atoms with van der Waals surface area (Å²) in [6, 6.07) is 7.43. The molecule has 8 nitrogen and oxygen atoms in total. The van der Waals surface area contributed by atoms with E-state index in [9.17, 15) is 23.2 Å². The van der Waals surface area contributed by atoms with Crippen LogP contribution in [-0.4, -0.2) is 57.8 Å². The number of hydrogen-bond donors (Lipinski definition) is 0. The normalized spacial score (nSPS) is 15.8. The molecular weight excluding hydrogens is 529 g/mol. The van der Waals surface area contributed by atoms with E-state index in [2.05, 4.69) is 16.3 Å². The van der Waals surface area contributed by atoms with Gasteiger partial charge in [0, 0.05) is 59.2 Å². The summed E-state index contributed by atoms with van der Waals surface area (Å²) in [7, 11) is 3.79. The minimum atomic E-state index is -4.71. The maximum absolute atomic E-state index is 14.2. The Hall–Kier alpha value is -3.95. The third-order valence-electron chi connectivity index (χ3n) is 6.66. The number of carbonyl (C=O) groups is 1. The number of carbonyl (C=O) groups excluding carboxylic acids is 1. The van der Waals surface area contributed by atoms with Gasteiger partial charge in [-0.2, -0.15) is 23.5 Å². The Morgan fingerprint density at radius 2 is 2.13 bits per heavy atom. The first-order chi connectivity index (χ1) is 18.6. The smallest absolute Gasteiger partial charge is 0.356 e. The van der Waals surface area contributed by atoms with Crippen molar-refractivity contribution >= 4 is 28.2 Å². The summed E-state index contributed by atoms with van der Waals surface area (Å²) >= 11 is 1.29. The average Bonchev–Trinajstić information content (AvgIpc) is 3.64. The fourth-order valence-electron chi connectivity index (χ4n) is 4.87. The van der Waals surface area contributed by atoms with Crippen molar-refractivity contribution in [2.75, 3.05) is 27.2 Å². The predicted octanol–water partition coefficient (Wildman–Crippen LogP) is 5.26. The molecule has 0 aliphatic carbocycles. The molecule has 4 heterocycles. The maximum Gasteiger partial charge on any atom is 0.435 e. The number of hydrogen-bond acceptors (Lipinski definition) is 7. The molecule has 0 N–H and O–H groups in total. The number of halogens is 3. The lowest BCUT2D eigenvalue weighted by Crippen LogP contribution is -2.37. The number of nitrogens with zero attached hydrogens (tertiary/aromatic N) is 6. The number of amides is 1. The highest BCUT2D eigenvalue weighted by molar-refractivity contribution is 7.12. The van der Waals surface area contributed by atoms with Crippen molar-refractivity contribution in [1.29, 1.82) is 5.26 Å². The summed E-state index contributed by atoms with van der Waals surface area (Å²) in [4.78, 5) is 18.0. The van der Waals surface area contributed by atoms with Gasteiger partial charge in [0.15, 0.2) is 11.3 Å². The highest BCUT2D eigenvalue weighted by atomic mass is 32.1. The SMILES string of the molecule is CCn1cc(-c2c(C3CN(C(=O)/C=C/CN(C)C)Cc4sc(C#N)cc43)ccc3cnoc23)c(C(F)(F)F)n1.